The minimum Gasteiger partial charge on any atom is -0.493 e. The van der Waals surface area contributed by atoms with Crippen molar-refractivity contribution in [3.8, 4) is 23.0 Å². The minimum absolute atomic E-state index is 0.0912. The highest BCUT2D eigenvalue weighted by Crippen LogP contribution is 2.48. The van der Waals surface area contributed by atoms with Crippen molar-refractivity contribution in [1.82, 2.24) is 0 Å². The second-order valence-corrected chi connectivity index (χ2v) is 7.54. The van der Waals surface area contributed by atoms with Crippen LogP contribution < -0.4 is 18.9 Å². The van der Waals surface area contributed by atoms with Crippen molar-refractivity contribution in [3.05, 3.63) is 47.0 Å². The van der Waals surface area contributed by atoms with Crippen LogP contribution in [0, 0.1) is 11.8 Å². The summed E-state index contributed by atoms with van der Waals surface area (Å²) in [5.41, 5.74) is 3.60. The fraction of sp³-hybridized carbons (Fsp3) is 0.500. The van der Waals surface area contributed by atoms with E-state index in [1.807, 2.05) is 6.07 Å². The van der Waals surface area contributed by atoms with Gasteiger partial charge in [0.15, 0.2) is 23.0 Å². The first kappa shape index (κ1) is 22.2. The molecule has 30 heavy (non-hydrogen) atoms. The lowest BCUT2D eigenvalue weighted by atomic mass is 9.67. The Bertz CT molecular complexity index is 850. The standard InChI is InChI=1S/C24H32O6/c1-25-13-17-9-16-11-22(29-5)23(30-6)12-18(16)24(19(17)14-26-2)15-7-8-20(27-3)21(10-15)28-4/h7-8,10-12,17,19,24H,9,13-14H2,1-6H3/t17-,19+,24-/m0/s1. The van der Waals surface area contributed by atoms with Crippen molar-refractivity contribution in [2.75, 3.05) is 55.9 Å². The highest BCUT2D eigenvalue weighted by Gasteiger charge is 2.39. The van der Waals surface area contributed by atoms with E-state index in [9.17, 15) is 0 Å². The predicted molar refractivity (Wildman–Crippen MR) is 115 cm³/mol. The van der Waals surface area contributed by atoms with Crippen molar-refractivity contribution in [2.45, 2.75) is 12.3 Å². The van der Waals surface area contributed by atoms with Crippen molar-refractivity contribution in [3.63, 3.8) is 0 Å². The summed E-state index contributed by atoms with van der Waals surface area (Å²) < 4.78 is 33.4. The summed E-state index contributed by atoms with van der Waals surface area (Å²) in [6, 6.07) is 10.3. The molecule has 0 bridgehead atoms. The maximum atomic E-state index is 5.66. The molecule has 1 aliphatic rings. The highest BCUT2D eigenvalue weighted by atomic mass is 16.5. The Hall–Kier alpha value is -2.44. The topological polar surface area (TPSA) is 55.4 Å². The SMILES string of the molecule is COC[C@@H]1Cc2cc(OC)c(OC)cc2[C@H](c2ccc(OC)c(OC)c2)[C@@H]1COC. The summed E-state index contributed by atoms with van der Waals surface area (Å²) in [4.78, 5) is 0. The molecule has 0 radical (unpaired) electrons. The van der Waals surface area contributed by atoms with Gasteiger partial charge < -0.3 is 28.4 Å². The number of hydrogen-bond acceptors (Lipinski definition) is 6. The molecule has 0 saturated heterocycles. The first-order valence-corrected chi connectivity index (χ1v) is 10.1. The fourth-order valence-corrected chi connectivity index (χ4v) is 4.63. The molecule has 164 valence electrons. The van der Waals surface area contributed by atoms with Gasteiger partial charge in [0.1, 0.15) is 0 Å². The maximum absolute atomic E-state index is 5.66. The largest absolute Gasteiger partial charge is 0.493 e. The summed E-state index contributed by atoms with van der Waals surface area (Å²) in [6.07, 6.45) is 0.890. The van der Waals surface area contributed by atoms with Gasteiger partial charge in [-0.1, -0.05) is 6.07 Å². The van der Waals surface area contributed by atoms with Gasteiger partial charge in [-0.3, -0.25) is 0 Å². The van der Waals surface area contributed by atoms with Crippen LogP contribution in [0.4, 0.5) is 0 Å². The summed E-state index contributed by atoms with van der Waals surface area (Å²) in [7, 11) is 10.1. The van der Waals surface area contributed by atoms with Crippen LogP contribution in [0.3, 0.4) is 0 Å². The third-order valence-corrected chi connectivity index (χ3v) is 6.00. The second kappa shape index (κ2) is 10.0. The Morgan fingerprint density at radius 3 is 1.90 bits per heavy atom. The van der Waals surface area contributed by atoms with E-state index < -0.39 is 0 Å². The van der Waals surface area contributed by atoms with Crippen molar-refractivity contribution < 1.29 is 28.4 Å². The lowest BCUT2D eigenvalue weighted by Gasteiger charge is -2.40. The number of ether oxygens (including phenoxy) is 6. The Balaban J connectivity index is 2.20. The fourth-order valence-electron chi connectivity index (χ4n) is 4.63. The quantitative estimate of drug-likeness (QED) is 0.617. The molecule has 0 aromatic heterocycles. The lowest BCUT2D eigenvalue weighted by Crippen LogP contribution is -2.36. The van der Waals surface area contributed by atoms with Crippen LogP contribution in [0.15, 0.2) is 30.3 Å². The van der Waals surface area contributed by atoms with E-state index in [0.29, 0.717) is 30.6 Å². The van der Waals surface area contributed by atoms with Crippen LogP contribution in [-0.4, -0.2) is 55.9 Å². The van der Waals surface area contributed by atoms with E-state index in [-0.39, 0.29) is 11.8 Å². The van der Waals surface area contributed by atoms with Crippen LogP contribution in [0.2, 0.25) is 0 Å². The monoisotopic (exact) mass is 416 g/mol. The van der Waals surface area contributed by atoms with Crippen molar-refractivity contribution in [2.24, 2.45) is 11.8 Å². The van der Waals surface area contributed by atoms with Crippen LogP contribution in [0.1, 0.15) is 22.6 Å². The van der Waals surface area contributed by atoms with Crippen LogP contribution in [-0.2, 0) is 15.9 Å². The van der Waals surface area contributed by atoms with Gasteiger partial charge in [0.2, 0.25) is 0 Å². The molecule has 0 N–H and O–H groups in total. The normalized spacial score (nSPS) is 20.4. The van der Waals surface area contributed by atoms with Gasteiger partial charge in [-0.25, -0.2) is 0 Å². The first-order valence-electron chi connectivity index (χ1n) is 10.1. The smallest absolute Gasteiger partial charge is 0.161 e. The molecular formula is C24H32O6. The lowest BCUT2D eigenvalue weighted by molar-refractivity contribution is 0.0565. The predicted octanol–water partition coefficient (Wildman–Crippen LogP) is 3.93. The molecule has 0 spiro atoms. The zero-order valence-electron chi connectivity index (χ0n) is 18.7. The molecular weight excluding hydrogens is 384 g/mol. The van der Waals surface area contributed by atoms with E-state index in [4.69, 9.17) is 28.4 Å². The molecule has 0 saturated carbocycles. The molecule has 0 aliphatic heterocycles. The molecule has 3 rings (SSSR count). The molecule has 0 unspecified atom stereocenters. The molecule has 6 heteroatoms. The number of rotatable bonds is 9. The Morgan fingerprint density at radius 2 is 1.30 bits per heavy atom. The number of methoxy groups -OCH3 is 6. The Labute approximate surface area is 179 Å². The van der Waals surface area contributed by atoms with Crippen molar-refractivity contribution >= 4 is 0 Å². The van der Waals surface area contributed by atoms with Gasteiger partial charge in [0.05, 0.1) is 35.0 Å². The van der Waals surface area contributed by atoms with Crippen LogP contribution >= 0.6 is 0 Å². The maximum Gasteiger partial charge on any atom is 0.161 e. The average molecular weight is 417 g/mol. The summed E-state index contributed by atoms with van der Waals surface area (Å²) in [5, 5.41) is 0. The molecule has 2 aromatic rings. The molecule has 0 amide bonds. The van der Waals surface area contributed by atoms with Gasteiger partial charge >= 0.3 is 0 Å². The van der Waals surface area contributed by atoms with Gasteiger partial charge in [-0.15, -0.1) is 0 Å². The average Bonchev–Trinajstić information content (AvgIpc) is 2.78. The minimum atomic E-state index is 0.0912. The van der Waals surface area contributed by atoms with Gasteiger partial charge in [-0.05, 0) is 59.2 Å². The Kier molecular flexibility index (Phi) is 7.45. The number of hydrogen-bond donors (Lipinski definition) is 0. The van der Waals surface area contributed by atoms with Crippen LogP contribution in [0.25, 0.3) is 0 Å². The molecule has 0 fully saturated rings. The van der Waals surface area contributed by atoms with E-state index in [0.717, 1.165) is 23.5 Å². The second-order valence-electron chi connectivity index (χ2n) is 7.54. The molecule has 0 heterocycles. The molecule has 2 aromatic carbocycles. The molecule has 1 aliphatic carbocycles. The van der Waals surface area contributed by atoms with E-state index in [1.165, 1.54) is 11.1 Å². The van der Waals surface area contributed by atoms with Gasteiger partial charge in [0.25, 0.3) is 0 Å². The van der Waals surface area contributed by atoms with E-state index in [2.05, 4.69) is 24.3 Å². The molecule has 6 nitrogen and oxygen atoms in total. The van der Waals surface area contributed by atoms with E-state index in [1.54, 1.807) is 42.7 Å². The van der Waals surface area contributed by atoms with Crippen molar-refractivity contribution in [1.29, 1.82) is 0 Å². The summed E-state index contributed by atoms with van der Waals surface area (Å²) >= 11 is 0. The third-order valence-electron chi connectivity index (χ3n) is 6.00. The third kappa shape index (κ3) is 4.20. The number of benzene rings is 2. The van der Waals surface area contributed by atoms with Crippen LogP contribution in [0.5, 0.6) is 23.0 Å². The zero-order chi connectivity index (χ0) is 21.7. The highest BCUT2D eigenvalue weighted by molar-refractivity contribution is 5.54. The van der Waals surface area contributed by atoms with Gasteiger partial charge in [0, 0.05) is 26.7 Å². The summed E-state index contributed by atoms with van der Waals surface area (Å²) in [6.45, 7) is 1.28. The van der Waals surface area contributed by atoms with E-state index >= 15 is 0 Å². The number of fused-ring (bicyclic) bond motifs is 1. The first-order chi connectivity index (χ1) is 14.6. The molecule has 3 atom stereocenters. The Morgan fingerprint density at radius 1 is 0.700 bits per heavy atom. The summed E-state index contributed by atoms with van der Waals surface area (Å²) in [5.74, 6) is 3.51. The zero-order valence-corrected chi connectivity index (χ0v) is 18.7. The van der Waals surface area contributed by atoms with Gasteiger partial charge in [-0.2, -0.15) is 0 Å².